The molecule has 0 aromatic heterocycles. The Bertz CT molecular complexity index is 290. The zero-order valence-corrected chi connectivity index (χ0v) is 10.9. The first-order valence-corrected chi connectivity index (χ1v) is 6.39. The third-order valence-electron chi connectivity index (χ3n) is 3.34. The summed E-state index contributed by atoms with van der Waals surface area (Å²) in [5.41, 5.74) is 0. The van der Waals surface area contributed by atoms with E-state index in [9.17, 15) is 9.59 Å². The van der Waals surface area contributed by atoms with Crippen molar-refractivity contribution in [1.82, 2.24) is 10.6 Å². The highest BCUT2D eigenvalue weighted by molar-refractivity contribution is 5.82. The fourth-order valence-electron chi connectivity index (χ4n) is 1.86. The molecule has 1 saturated heterocycles. The summed E-state index contributed by atoms with van der Waals surface area (Å²) in [6, 6.07) is -1.26. The van der Waals surface area contributed by atoms with E-state index in [0.29, 0.717) is 25.5 Å². The van der Waals surface area contributed by atoms with Crippen molar-refractivity contribution in [3.05, 3.63) is 0 Å². The van der Waals surface area contributed by atoms with E-state index in [2.05, 4.69) is 10.6 Å². The molecule has 3 unspecified atom stereocenters. The Morgan fingerprint density at radius 3 is 2.72 bits per heavy atom. The van der Waals surface area contributed by atoms with E-state index in [1.807, 2.05) is 13.8 Å². The fraction of sp³-hybridized carbons (Fsp3) is 0.833. The second-order valence-electron chi connectivity index (χ2n) is 4.79. The van der Waals surface area contributed by atoms with E-state index in [1.165, 1.54) is 0 Å². The van der Waals surface area contributed by atoms with Crippen molar-refractivity contribution in [2.45, 2.75) is 32.7 Å². The molecule has 6 nitrogen and oxygen atoms in total. The summed E-state index contributed by atoms with van der Waals surface area (Å²) in [6.07, 6.45) is 1.64. The van der Waals surface area contributed by atoms with E-state index in [0.717, 1.165) is 13.0 Å². The summed E-state index contributed by atoms with van der Waals surface area (Å²) < 4.78 is 5.20. The van der Waals surface area contributed by atoms with Gasteiger partial charge in [0, 0.05) is 19.1 Å². The summed E-state index contributed by atoms with van der Waals surface area (Å²) in [6.45, 7) is 5.63. The smallest absolute Gasteiger partial charge is 0.326 e. The first-order chi connectivity index (χ1) is 8.54. The van der Waals surface area contributed by atoms with Crippen LogP contribution >= 0.6 is 0 Å². The number of urea groups is 1. The van der Waals surface area contributed by atoms with Crippen LogP contribution in [0.4, 0.5) is 4.79 Å². The Labute approximate surface area is 107 Å². The predicted octanol–water partition coefficient (Wildman–Crippen LogP) is 0.821. The molecular formula is C12H22N2O4. The number of carboxylic acids is 1. The van der Waals surface area contributed by atoms with E-state index < -0.39 is 18.0 Å². The number of hydrogen-bond acceptors (Lipinski definition) is 3. The number of carboxylic acid groups (broad SMARTS) is 1. The standard InChI is InChI=1S/C12H22N2O4/c1-3-8(2)10(11(15)16)14-12(17)13-6-9-4-5-18-7-9/h8-10H,3-7H2,1-2H3,(H,15,16)(H2,13,14,17). The quantitative estimate of drug-likeness (QED) is 0.658. The summed E-state index contributed by atoms with van der Waals surface area (Å²) >= 11 is 0. The van der Waals surface area contributed by atoms with Gasteiger partial charge in [0.05, 0.1) is 6.61 Å². The van der Waals surface area contributed by atoms with Gasteiger partial charge in [-0.3, -0.25) is 0 Å². The van der Waals surface area contributed by atoms with Gasteiger partial charge in [-0.1, -0.05) is 20.3 Å². The van der Waals surface area contributed by atoms with Gasteiger partial charge in [-0.15, -0.1) is 0 Å². The van der Waals surface area contributed by atoms with Crippen LogP contribution in [-0.4, -0.2) is 42.9 Å². The molecule has 1 aliphatic heterocycles. The molecule has 0 radical (unpaired) electrons. The van der Waals surface area contributed by atoms with Crippen molar-refractivity contribution in [2.24, 2.45) is 11.8 Å². The van der Waals surface area contributed by atoms with Gasteiger partial charge in [-0.2, -0.15) is 0 Å². The van der Waals surface area contributed by atoms with Crippen LogP contribution in [0.3, 0.4) is 0 Å². The minimum atomic E-state index is -0.997. The molecule has 6 heteroatoms. The maximum atomic E-state index is 11.6. The number of carbonyl (C=O) groups excluding carboxylic acids is 1. The van der Waals surface area contributed by atoms with Crippen LogP contribution in [0.25, 0.3) is 0 Å². The molecule has 0 bridgehead atoms. The number of aliphatic carboxylic acids is 1. The second kappa shape index (κ2) is 7.20. The third kappa shape index (κ3) is 4.52. The highest BCUT2D eigenvalue weighted by atomic mass is 16.5. The van der Waals surface area contributed by atoms with Crippen molar-refractivity contribution in [1.29, 1.82) is 0 Å². The van der Waals surface area contributed by atoms with E-state index >= 15 is 0 Å². The van der Waals surface area contributed by atoms with Crippen LogP contribution in [0.5, 0.6) is 0 Å². The normalized spacial score (nSPS) is 22.2. The number of carbonyl (C=O) groups is 2. The van der Waals surface area contributed by atoms with Crippen molar-refractivity contribution in [3.8, 4) is 0 Å². The monoisotopic (exact) mass is 258 g/mol. The molecule has 1 fully saturated rings. The molecule has 1 aliphatic rings. The zero-order valence-electron chi connectivity index (χ0n) is 10.9. The first kappa shape index (κ1) is 14.8. The lowest BCUT2D eigenvalue weighted by molar-refractivity contribution is -0.140. The van der Waals surface area contributed by atoms with Crippen LogP contribution in [0.2, 0.25) is 0 Å². The van der Waals surface area contributed by atoms with Gasteiger partial charge >= 0.3 is 12.0 Å². The molecule has 3 N–H and O–H groups in total. The molecule has 0 aliphatic carbocycles. The summed E-state index contributed by atoms with van der Waals surface area (Å²) in [5, 5.41) is 14.2. The maximum absolute atomic E-state index is 11.6. The van der Waals surface area contributed by atoms with Crippen LogP contribution < -0.4 is 10.6 Å². The van der Waals surface area contributed by atoms with Crippen LogP contribution in [0.1, 0.15) is 26.7 Å². The minimum Gasteiger partial charge on any atom is -0.480 e. The van der Waals surface area contributed by atoms with Gasteiger partial charge in [0.1, 0.15) is 6.04 Å². The molecule has 0 aromatic rings. The van der Waals surface area contributed by atoms with Gasteiger partial charge < -0.3 is 20.5 Å². The molecular weight excluding hydrogens is 236 g/mol. The van der Waals surface area contributed by atoms with Gasteiger partial charge in [0.25, 0.3) is 0 Å². The molecule has 1 rings (SSSR count). The van der Waals surface area contributed by atoms with Gasteiger partial charge in [0.15, 0.2) is 0 Å². The first-order valence-electron chi connectivity index (χ1n) is 6.39. The number of amides is 2. The average molecular weight is 258 g/mol. The maximum Gasteiger partial charge on any atom is 0.326 e. The van der Waals surface area contributed by atoms with Crippen molar-refractivity contribution in [3.63, 3.8) is 0 Å². The highest BCUT2D eigenvalue weighted by Crippen LogP contribution is 2.11. The number of rotatable bonds is 6. The van der Waals surface area contributed by atoms with Gasteiger partial charge in [0.2, 0.25) is 0 Å². The van der Waals surface area contributed by atoms with Gasteiger partial charge in [-0.05, 0) is 12.3 Å². The third-order valence-corrected chi connectivity index (χ3v) is 3.34. The molecule has 0 spiro atoms. The van der Waals surface area contributed by atoms with Crippen molar-refractivity contribution >= 4 is 12.0 Å². The Hall–Kier alpha value is -1.30. The Balaban J connectivity index is 2.33. The summed E-state index contributed by atoms with van der Waals surface area (Å²) in [5.74, 6) is -0.755. The number of nitrogens with one attached hydrogen (secondary N) is 2. The lowest BCUT2D eigenvalue weighted by Crippen LogP contribution is -2.49. The van der Waals surface area contributed by atoms with E-state index in [-0.39, 0.29) is 5.92 Å². The summed E-state index contributed by atoms with van der Waals surface area (Å²) in [4.78, 5) is 22.6. The fourth-order valence-corrected chi connectivity index (χ4v) is 1.86. The Morgan fingerprint density at radius 2 is 2.22 bits per heavy atom. The average Bonchev–Trinajstić information content (AvgIpc) is 2.85. The largest absolute Gasteiger partial charge is 0.480 e. The SMILES string of the molecule is CCC(C)C(NC(=O)NCC1CCOC1)C(=O)O. The predicted molar refractivity (Wildman–Crippen MR) is 66.3 cm³/mol. The molecule has 1 heterocycles. The highest BCUT2D eigenvalue weighted by Gasteiger charge is 2.25. The van der Waals surface area contributed by atoms with E-state index in [1.54, 1.807) is 0 Å². The van der Waals surface area contributed by atoms with Crippen molar-refractivity contribution < 1.29 is 19.4 Å². The van der Waals surface area contributed by atoms with Crippen molar-refractivity contribution in [2.75, 3.05) is 19.8 Å². The lowest BCUT2D eigenvalue weighted by atomic mass is 9.99. The Kier molecular flexibility index (Phi) is 5.91. The molecule has 18 heavy (non-hydrogen) atoms. The van der Waals surface area contributed by atoms with Crippen LogP contribution in [-0.2, 0) is 9.53 Å². The number of ether oxygens (including phenoxy) is 1. The van der Waals surface area contributed by atoms with Crippen LogP contribution in [0, 0.1) is 11.8 Å². The minimum absolute atomic E-state index is 0.0944. The molecule has 3 atom stereocenters. The zero-order chi connectivity index (χ0) is 13.5. The molecule has 0 saturated carbocycles. The lowest BCUT2D eigenvalue weighted by Gasteiger charge is -2.20. The topological polar surface area (TPSA) is 87.7 Å². The Morgan fingerprint density at radius 1 is 1.50 bits per heavy atom. The molecule has 104 valence electrons. The van der Waals surface area contributed by atoms with E-state index in [4.69, 9.17) is 9.84 Å². The molecule has 2 amide bonds. The van der Waals surface area contributed by atoms with Crippen LogP contribution in [0.15, 0.2) is 0 Å². The summed E-state index contributed by atoms with van der Waals surface area (Å²) in [7, 11) is 0. The van der Waals surface area contributed by atoms with Gasteiger partial charge in [-0.25, -0.2) is 9.59 Å². The second-order valence-corrected chi connectivity index (χ2v) is 4.79. The number of hydrogen-bond donors (Lipinski definition) is 3. The molecule has 0 aromatic carbocycles.